The lowest BCUT2D eigenvalue weighted by Crippen LogP contribution is -2.62. The van der Waals surface area contributed by atoms with E-state index >= 15 is 0 Å². The first kappa shape index (κ1) is 51.2. The van der Waals surface area contributed by atoms with Crippen LogP contribution >= 0.6 is 0 Å². The Morgan fingerprint density at radius 2 is 1.14 bits per heavy atom. The Morgan fingerprint density at radius 3 is 1.68 bits per heavy atom. The molecule has 3 aromatic rings. The maximum atomic E-state index is 14.3. The highest BCUT2D eigenvalue weighted by atomic mass is 16.4. The van der Waals surface area contributed by atoms with E-state index in [2.05, 4.69) is 26.6 Å². The van der Waals surface area contributed by atoms with Gasteiger partial charge in [-0.1, -0.05) is 72.8 Å². The maximum Gasteiger partial charge on any atom is 0.328 e. The molecule has 0 aliphatic carbocycles. The Labute approximate surface area is 377 Å². The van der Waals surface area contributed by atoms with Crippen molar-refractivity contribution in [2.75, 3.05) is 13.1 Å². The summed E-state index contributed by atoms with van der Waals surface area (Å²) in [5.74, 6) is -6.22. The average Bonchev–Trinajstić information content (AvgIpc) is 3.78. The molecule has 1 aliphatic rings. The van der Waals surface area contributed by atoms with E-state index in [-0.39, 0.29) is 44.4 Å². The molecule has 3 aromatic carbocycles. The molecule has 13 N–H and O–H groups in total. The van der Waals surface area contributed by atoms with Crippen LogP contribution in [0.2, 0.25) is 0 Å². The number of nitrogens with zero attached hydrogens (tertiary/aromatic N) is 1. The number of nitrogens with one attached hydrogen (secondary N) is 5. The zero-order valence-corrected chi connectivity index (χ0v) is 36.6. The molecule has 1 fully saturated rings. The number of carbonyl (C=O) groups excluding carboxylic acids is 6. The number of likely N-dealkylation sites (tertiary alicyclic amines) is 1. The van der Waals surface area contributed by atoms with E-state index in [0.29, 0.717) is 36.9 Å². The van der Waals surface area contributed by atoms with Gasteiger partial charge in [0.2, 0.25) is 35.4 Å². The Balaban J connectivity index is 1.56. The van der Waals surface area contributed by atoms with E-state index in [9.17, 15) is 54.0 Å². The number of aliphatic hydroxyl groups excluding tert-OH is 2. The van der Waals surface area contributed by atoms with Crippen molar-refractivity contribution in [2.45, 2.75) is 120 Å². The number of nitrogens with two attached hydrogens (primary N) is 2. The minimum absolute atomic E-state index is 0.0213. The highest BCUT2D eigenvalue weighted by molar-refractivity contribution is 5.97. The summed E-state index contributed by atoms with van der Waals surface area (Å²) in [5.41, 5.74) is 13.9. The van der Waals surface area contributed by atoms with Crippen LogP contribution in [0.15, 0.2) is 84.9 Å². The Hall–Kier alpha value is -6.41. The minimum Gasteiger partial charge on any atom is -0.508 e. The van der Waals surface area contributed by atoms with Gasteiger partial charge in [0.25, 0.3) is 0 Å². The number of benzene rings is 3. The van der Waals surface area contributed by atoms with Crippen LogP contribution in [-0.4, -0.2) is 134 Å². The van der Waals surface area contributed by atoms with Gasteiger partial charge in [-0.15, -0.1) is 0 Å². The van der Waals surface area contributed by atoms with Crippen LogP contribution in [0.1, 0.15) is 62.6 Å². The summed E-state index contributed by atoms with van der Waals surface area (Å²) >= 11 is 0. The second-order valence-electron chi connectivity index (χ2n) is 16.3. The minimum atomic E-state index is -1.66. The number of hydrogen-bond donors (Lipinski definition) is 11. The molecule has 6 amide bonds. The van der Waals surface area contributed by atoms with Crippen molar-refractivity contribution in [3.63, 3.8) is 0 Å². The number of amides is 6. The number of carboxylic acid groups (broad SMARTS) is 1. The number of aromatic hydroxyl groups is 1. The molecule has 1 aliphatic heterocycles. The van der Waals surface area contributed by atoms with Gasteiger partial charge in [-0.2, -0.15) is 0 Å². The van der Waals surface area contributed by atoms with Crippen LogP contribution in [0.25, 0.3) is 0 Å². The summed E-state index contributed by atoms with van der Waals surface area (Å²) in [6.45, 7) is 2.80. The van der Waals surface area contributed by atoms with E-state index < -0.39 is 95.9 Å². The van der Waals surface area contributed by atoms with Gasteiger partial charge in [-0.05, 0) is 87.7 Å². The van der Waals surface area contributed by atoms with E-state index in [1.807, 2.05) is 30.3 Å². The van der Waals surface area contributed by atoms with Crippen LogP contribution in [0.5, 0.6) is 5.75 Å². The number of hydrogen-bond acceptors (Lipinski definition) is 12. The molecule has 352 valence electrons. The molecule has 0 saturated carbocycles. The van der Waals surface area contributed by atoms with Gasteiger partial charge in [0.15, 0.2) is 6.04 Å². The van der Waals surface area contributed by atoms with Gasteiger partial charge in [0.1, 0.15) is 36.0 Å². The highest BCUT2D eigenvalue weighted by Crippen LogP contribution is 2.21. The van der Waals surface area contributed by atoms with Gasteiger partial charge >= 0.3 is 5.97 Å². The van der Waals surface area contributed by atoms with Crippen molar-refractivity contribution in [3.05, 3.63) is 102 Å². The van der Waals surface area contributed by atoms with E-state index in [4.69, 9.17) is 11.5 Å². The number of carboxylic acids is 1. The van der Waals surface area contributed by atoms with Gasteiger partial charge in [-0.3, -0.25) is 28.8 Å². The summed E-state index contributed by atoms with van der Waals surface area (Å²) in [6, 6.07) is 14.5. The van der Waals surface area contributed by atoms with Crippen LogP contribution in [-0.2, 0) is 52.8 Å². The van der Waals surface area contributed by atoms with E-state index in [1.165, 1.54) is 43.0 Å². The molecule has 0 unspecified atom stereocenters. The van der Waals surface area contributed by atoms with Gasteiger partial charge in [-0.25, -0.2) is 4.79 Å². The molecule has 0 radical (unpaired) electrons. The second-order valence-corrected chi connectivity index (χ2v) is 16.3. The zero-order valence-electron chi connectivity index (χ0n) is 36.6. The second kappa shape index (κ2) is 25.2. The quantitative estimate of drug-likeness (QED) is 0.0489. The number of phenolic OH excluding ortho intramolecular Hbond substituents is 1. The predicted molar refractivity (Wildman–Crippen MR) is 238 cm³/mol. The lowest BCUT2D eigenvalue weighted by atomic mass is 10.0. The van der Waals surface area contributed by atoms with Crippen LogP contribution in [0.4, 0.5) is 0 Å². The van der Waals surface area contributed by atoms with Crippen LogP contribution < -0.4 is 38.1 Å². The standard InChI is InChI=1S/C46H62N8O11/c1-27(55)38(45(63)54-23-11-17-37(54)44(62)49-34(16-9-10-22-47)41(59)53-39(28(2)56)46(64)65)52-43(61)36(26-31-18-20-32(57)21-19-31)51-42(60)35(25-30-14-7-4-8-15-30)50-40(58)33(48)24-29-12-5-3-6-13-29/h3-8,12-15,18-21,27-28,33-39,55-57H,9-11,16-17,22-26,47-48H2,1-2H3,(H,49,62)(H,50,58)(H,51,60)(H,52,61)(H,53,59)(H,64,65)/t27-,28-,33+,34+,35+,36+,37+,38+,39+/m1/s1. The van der Waals surface area contributed by atoms with E-state index in [1.54, 1.807) is 30.3 Å². The third kappa shape index (κ3) is 15.7. The molecule has 19 nitrogen and oxygen atoms in total. The Bertz CT molecular complexity index is 2060. The molecule has 1 heterocycles. The zero-order chi connectivity index (χ0) is 47.6. The largest absolute Gasteiger partial charge is 0.508 e. The molecule has 9 atom stereocenters. The first-order valence-corrected chi connectivity index (χ1v) is 21.7. The number of aliphatic hydroxyl groups is 2. The van der Waals surface area contributed by atoms with Crippen molar-refractivity contribution < 1.29 is 54.0 Å². The molecule has 0 bridgehead atoms. The van der Waals surface area contributed by atoms with Gasteiger partial charge in [0, 0.05) is 19.4 Å². The predicted octanol–water partition coefficient (Wildman–Crippen LogP) is -0.862. The summed E-state index contributed by atoms with van der Waals surface area (Å²) in [5, 5.41) is 53.2. The molecular formula is C46H62N8O11. The van der Waals surface area contributed by atoms with Gasteiger partial charge < -0.3 is 63.4 Å². The summed E-state index contributed by atoms with van der Waals surface area (Å²) < 4.78 is 0. The monoisotopic (exact) mass is 902 g/mol. The number of rotatable bonds is 24. The SMILES string of the molecule is C[C@@H](O)[C@H](NC(=O)[C@H](CCCCN)NC(=O)[C@@H]1CCCN1C(=O)[C@@H](NC(=O)[C@H](Cc1ccc(O)cc1)NC(=O)[C@H](Cc1ccccc1)NC(=O)[C@@H](N)Cc1ccccc1)[C@@H](C)O)C(=O)O. The fourth-order valence-electron chi connectivity index (χ4n) is 7.44. The third-order valence-electron chi connectivity index (χ3n) is 11.1. The Morgan fingerprint density at radius 1 is 0.646 bits per heavy atom. The highest BCUT2D eigenvalue weighted by Gasteiger charge is 2.41. The van der Waals surface area contributed by atoms with Crippen LogP contribution in [0.3, 0.4) is 0 Å². The van der Waals surface area contributed by atoms with Crippen molar-refractivity contribution in [3.8, 4) is 5.75 Å². The molecule has 1 saturated heterocycles. The smallest absolute Gasteiger partial charge is 0.328 e. The van der Waals surface area contributed by atoms with Crippen molar-refractivity contribution in [2.24, 2.45) is 11.5 Å². The average molecular weight is 903 g/mol. The molecule has 65 heavy (non-hydrogen) atoms. The summed E-state index contributed by atoms with van der Waals surface area (Å²) in [7, 11) is 0. The first-order valence-electron chi connectivity index (χ1n) is 21.7. The Kier molecular flexibility index (Phi) is 19.8. The van der Waals surface area contributed by atoms with Crippen molar-refractivity contribution >= 4 is 41.4 Å². The number of carbonyl (C=O) groups is 7. The van der Waals surface area contributed by atoms with Crippen molar-refractivity contribution in [1.29, 1.82) is 0 Å². The molecule has 4 rings (SSSR count). The first-order chi connectivity index (χ1) is 31.0. The molecule has 0 spiro atoms. The summed E-state index contributed by atoms with van der Waals surface area (Å²) in [6.07, 6.45) is -1.47. The summed E-state index contributed by atoms with van der Waals surface area (Å²) in [4.78, 5) is 96.1. The van der Waals surface area contributed by atoms with Crippen LogP contribution in [0, 0.1) is 0 Å². The number of unbranched alkanes of at least 4 members (excludes halogenated alkanes) is 1. The molecular weight excluding hydrogens is 841 g/mol. The number of phenols is 1. The number of aliphatic carboxylic acids is 1. The fourth-order valence-corrected chi connectivity index (χ4v) is 7.44. The lowest BCUT2D eigenvalue weighted by molar-refractivity contribution is -0.146. The molecule has 19 heteroatoms. The van der Waals surface area contributed by atoms with Crippen molar-refractivity contribution in [1.82, 2.24) is 31.5 Å². The normalized spacial score (nSPS) is 17.2. The van der Waals surface area contributed by atoms with E-state index in [0.717, 1.165) is 5.56 Å². The lowest BCUT2D eigenvalue weighted by Gasteiger charge is -2.32. The van der Waals surface area contributed by atoms with Gasteiger partial charge in [0.05, 0.1) is 18.2 Å². The molecule has 0 aromatic heterocycles. The topological polar surface area (TPSA) is 316 Å². The maximum absolute atomic E-state index is 14.3. The fraction of sp³-hybridized carbons (Fsp3) is 0.457. The third-order valence-corrected chi connectivity index (χ3v) is 11.1.